The summed E-state index contributed by atoms with van der Waals surface area (Å²) < 4.78 is 12.9. The van der Waals surface area contributed by atoms with Gasteiger partial charge in [0, 0.05) is 18.7 Å². The maximum atomic E-state index is 12.9. The van der Waals surface area contributed by atoms with Crippen LogP contribution in [-0.2, 0) is 0 Å². The Morgan fingerprint density at radius 2 is 2.00 bits per heavy atom. The Morgan fingerprint density at radius 1 is 1.35 bits per heavy atom. The van der Waals surface area contributed by atoms with Crippen molar-refractivity contribution in [3.05, 3.63) is 35.6 Å². The molecule has 1 aromatic carbocycles. The summed E-state index contributed by atoms with van der Waals surface area (Å²) in [5.74, 6) is 0.480. The number of aliphatic hydroxyl groups is 1. The van der Waals surface area contributed by atoms with Gasteiger partial charge in [0.25, 0.3) is 0 Å². The third-order valence-corrected chi connectivity index (χ3v) is 3.35. The van der Waals surface area contributed by atoms with Gasteiger partial charge in [-0.1, -0.05) is 12.1 Å². The fourth-order valence-corrected chi connectivity index (χ4v) is 2.19. The maximum Gasteiger partial charge on any atom is 0.123 e. The Balaban J connectivity index is 2.04. The minimum absolute atomic E-state index is 0.188. The Bertz CT molecular complexity index is 348. The van der Waals surface area contributed by atoms with Crippen molar-refractivity contribution in [3.8, 4) is 0 Å². The molecule has 0 saturated heterocycles. The van der Waals surface area contributed by atoms with Crippen molar-refractivity contribution in [1.29, 1.82) is 0 Å². The summed E-state index contributed by atoms with van der Waals surface area (Å²) in [7, 11) is 0. The van der Waals surface area contributed by atoms with E-state index in [0.29, 0.717) is 12.0 Å². The van der Waals surface area contributed by atoms with Crippen molar-refractivity contribution in [3.63, 3.8) is 0 Å². The molecule has 1 aromatic rings. The number of nitrogens with one attached hydrogen (secondary N) is 1. The van der Waals surface area contributed by atoms with Gasteiger partial charge in [-0.25, -0.2) is 4.39 Å². The first kappa shape index (κ1) is 12.5. The number of aliphatic hydroxyl groups excluding tert-OH is 1. The van der Waals surface area contributed by atoms with Gasteiger partial charge in [0.05, 0.1) is 0 Å². The number of hydrogen-bond donors (Lipinski definition) is 2. The second-order valence-electron chi connectivity index (χ2n) is 4.95. The van der Waals surface area contributed by atoms with E-state index < -0.39 is 0 Å². The van der Waals surface area contributed by atoms with Crippen LogP contribution < -0.4 is 5.32 Å². The quantitative estimate of drug-likeness (QED) is 0.797. The summed E-state index contributed by atoms with van der Waals surface area (Å²) in [5, 5.41) is 12.5. The fraction of sp³-hybridized carbons (Fsp3) is 0.571. The maximum absolute atomic E-state index is 12.9. The van der Waals surface area contributed by atoms with Gasteiger partial charge >= 0.3 is 0 Å². The van der Waals surface area contributed by atoms with Gasteiger partial charge in [-0.3, -0.25) is 0 Å². The van der Waals surface area contributed by atoms with Gasteiger partial charge < -0.3 is 10.4 Å². The first-order valence-corrected chi connectivity index (χ1v) is 6.33. The average Bonchev–Trinajstić information content (AvgIpc) is 3.12. The zero-order chi connectivity index (χ0) is 12.3. The Labute approximate surface area is 102 Å². The zero-order valence-electron chi connectivity index (χ0n) is 10.2. The molecule has 0 bridgehead atoms. The van der Waals surface area contributed by atoms with E-state index in [-0.39, 0.29) is 18.5 Å². The third kappa shape index (κ3) is 3.51. The molecule has 1 saturated carbocycles. The van der Waals surface area contributed by atoms with Crippen LogP contribution in [0.2, 0.25) is 0 Å². The van der Waals surface area contributed by atoms with Crippen LogP contribution in [0.4, 0.5) is 4.39 Å². The van der Waals surface area contributed by atoms with E-state index in [9.17, 15) is 4.39 Å². The topological polar surface area (TPSA) is 32.3 Å². The Kier molecular flexibility index (Phi) is 4.13. The lowest BCUT2D eigenvalue weighted by molar-refractivity contribution is 0.260. The molecule has 0 aromatic heterocycles. The molecule has 0 spiro atoms. The van der Waals surface area contributed by atoms with E-state index in [1.54, 1.807) is 0 Å². The van der Waals surface area contributed by atoms with Crippen LogP contribution in [0.1, 0.15) is 37.8 Å². The lowest BCUT2D eigenvalue weighted by atomic mass is 10.0. The van der Waals surface area contributed by atoms with Crippen LogP contribution in [0.25, 0.3) is 0 Å². The zero-order valence-corrected chi connectivity index (χ0v) is 10.2. The van der Waals surface area contributed by atoms with Crippen LogP contribution in [0.15, 0.2) is 24.3 Å². The summed E-state index contributed by atoms with van der Waals surface area (Å²) in [6.45, 7) is 2.28. The molecule has 3 heteroatoms. The van der Waals surface area contributed by atoms with Crippen molar-refractivity contribution >= 4 is 0 Å². The van der Waals surface area contributed by atoms with Crippen molar-refractivity contribution in [1.82, 2.24) is 5.32 Å². The summed E-state index contributed by atoms with van der Waals surface area (Å²) >= 11 is 0. The standard InChI is InChI=1S/C14H20FNO/c1-10(8-9-17)16-14(11-2-3-11)12-4-6-13(15)7-5-12/h4-7,10-11,14,16-17H,2-3,8-9H2,1H3. The average molecular weight is 237 g/mol. The monoisotopic (exact) mass is 237 g/mol. The molecule has 2 atom stereocenters. The first-order valence-electron chi connectivity index (χ1n) is 6.33. The van der Waals surface area contributed by atoms with Crippen LogP contribution in [0, 0.1) is 11.7 Å². The van der Waals surface area contributed by atoms with Crippen LogP contribution in [-0.4, -0.2) is 17.8 Å². The van der Waals surface area contributed by atoms with Gasteiger partial charge in [0.1, 0.15) is 5.82 Å². The number of hydrogen-bond acceptors (Lipinski definition) is 2. The summed E-state index contributed by atoms with van der Waals surface area (Å²) in [6.07, 6.45) is 3.23. The van der Waals surface area contributed by atoms with Crippen molar-refractivity contribution in [2.45, 2.75) is 38.3 Å². The van der Waals surface area contributed by atoms with Gasteiger partial charge in [-0.2, -0.15) is 0 Å². The van der Waals surface area contributed by atoms with E-state index in [0.717, 1.165) is 12.0 Å². The van der Waals surface area contributed by atoms with Crippen molar-refractivity contribution in [2.75, 3.05) is 6.61 Å². The molecule has 2 rings (SSSR count). The second-order valence-corrected chi connectivity index (χ2v) is 4.95. The lowest BCUT2D eigenvalue weighted by Crippen LogP contribution is -2.32. The predicted molar refractivity (Wildman–Crippen MR) is 66.2 cm³/mol. The minimum Gasteiger partial charge on any atom is -0.396 e. The molecule has 2 unspecified atom stereocenters. The number of benzene rings is 1. The van der Waals surface area contributed by atoms with E-state index >= 15 is 0 Å². The van der Waals surface area contributed by atoms with Gasteiger partial charge in [-0.15, -0.1) is 0 Å². The van der Waals surface area contributed by atoms with E-state index in [1.807, 2.05) is 12.1 Å². The van der Waals surface area contributed by atoms with E-state index in [1.165, 1.54) is 25.0 Å². The highest BCUT2D eigenvalue weighted by molar-refractivity contribution is 5.22. The molecular weight excluding hydrogens is 217 g/mol. The minimum atomic E-state index is -0.188. The van der Waals surface area contributed by atoms with Crippen molar-refractivity contribution < 1.29 is 9.50 Å². The normalized spacial score (nSPS) is 19.0. The Hall–Kier alpha value is -0.930. The molecule has 0 radical (unpaired) electrons. The summed E-state index contributed by atoms with van der Waals surface area (Å²) in [4.78, 5) is 0. The predicted octanol–water partition coefficient (Wildman–Crippen LogP) is 2.64. The van der Waals surface area contributed by atoms with Crippen LogP contribution in [0.5, 0.6) is 0 Å². The van der Waals surface area contributed by atoms with Gasteiger partial charge in [0.2, 0.25) is 0 Å². The molecule has 0 heterocycles. The highest BCUT2D eigenvalue weighted by atomic mass is 19.1. The number of halogens is 1. The molecule has 1 aliphatic rings. The van der Waals surface area contributed by atoms with E-state index in [2.05, 4.69) is 12.2 Å². The largest absolute Gasteiger partial charge is 0.396 e. The molecule has 17 heavy (non-hydrogen) atoms. The molecular formula is C14H20FNO. The number of rotatable bonds is 6. The van der Waals surface area contributed by atoms with Gasteiger partial charge in [0.15, 0.2) is 0 Å². The molecule has 1 fully saturated rings. The molecule has 0 amide bonds. The second kappa shape index (κ2) is 5.61. The summed E-state index contributed by atoms with van der Waals surface area (Å²) in [6, 6.07) is 7.34. The lowest BCUT2D eigenvalue weighted by Gasteiger charge is -2.23. The van der Waals surface area contributed by atoms with Crippen LogP contribution >= 0.6 is 0 Å². The fourth-order valence-electron chi connectivity index (χ4n) is 2.19. The van der Waals surface area contributed by atoms with Gasteiger partial charge in [-0.05, 0) is 49.8 Å². The summed E-state index contributed by atoms with van der Waals surface area (Å²) in [5.41, 5.74) is 1.15. The molecule has 0 aliphatic heterocycles. The Morgan fingerprint density at radius 3 is 2.53 bits per heavy atom. The highest BCUT2D eigenvalue weighted by Gasteiger charge is 2.32. The van der Waals surface area contributed by atoms with Crippen LogP contribution in [0.3, 0.4) is 0 Å². The van der Waals surface area contributed by atoms with E-state index in [4.69, 9.17) is 5.11 Å². The molecule has 94 valence electrons. The van der Waals surface area contributed by atoms with Crippen molar-refractivity contribution in [2.24, 2.45) is 5.92 Å². The smallest absolute Gasteiger partial charge is 0.123 e. The molecule has 1 aliphatic carbocycles. The third-order valence-electron chi connectivity index (χ3n) is 3.35. The molecule has 2 nitrogen and oxygen atoms in total. The molecule has 2 N–H and O–H groups in total. The highest BCUT2D eigenvalue weighted by Crippen LogP contribution is 2.41. The SMILES string of the molecule is CC(CCO)NC(c1ccc(F)cc1)C1CC1. The first-order chi connectivity index (χ1) is 8.20.